The Kier molecular flexibility index (Phi) is 24.3. The molecule has 8 aromatic carbocycles. The maximum atomic E-state index is 4.71. The van der Waals surface area contributed by atoms with E-state index in [1.165, 1.54) is 0 Å². The van der Waals surface area contributed by atoms with Crippen molar-refractivity contribution in [2.75, 3.05) is 0 Å². The molecule has 38 heteroatoms. The van der Waals surface area contributed by atoms with E-state index in [0.717, 1.165) is 86.2 Å². The van der Waals surface area contributed by atoms with Crippen LogP contribution in [0.5, 0.6) is 0 Å². The second-order valence-electron chi connectivity index (χ2n) is 30.8. The molecule has 34 nitrogen and oxygen atoms in total. The van der Waals surface area contributed by atoms with Crippen molar-refractivity contribution in [2.45, 2.75) is 0 Å². The molecule has 28 aromatic rings. The standard InChI is InChI=1S/3C26H14N8.C24H12N10.Cu.Ni.2Pt/c3*1-2-8-16-15(7-1)23-29-19-11-5-13-21(27-19)31-25-17-9-3-4-10-18(17)26(34-25)32-22-14-6-12-20(28-22)30-24(16)33-23;1-2-6-14-13(5-1)21-29-17-9-25-11-19(27-17)31-23-15-7-3-4-8-16(15)24(34-23)32-20-12-26-10-18(28-20)30-22(14)33-21;;;;/h3*1-14H;1-12H;;;;/q4*-2;4*+2. The molecule has 0 unspecified atom stereocenters. The van der Waals surface area contributed by atoms with Crippen LogP contribution in [0.3, 0.4) is 0 Å². The van der Waals surface area contributed by atoms with Gasteiger partial charge in [-0.1, -0.05) is 231 Å². The summed E-state index contributed by atoms with van der Waals surface area (Å²) >= 11 is 0. The van der Waals surface area contributed by atoms with Gasteiger partial charge in [0.15, 0.2) is 0 Å². The van der Waals surface area contributed by atoms with Gasteiger partial charge < -0.3 is 120 Å². The molecule has 20 heterocycles. The van der Waals surface area contributed by atoms with Crippen LogP contribution in [0.4, 0.5) is 0 Å². The zero-order valence-electron chi connectivity index (χ0n) is 71.6. The molecular formula is C102H54CuN34NiPt2. The predicted octanol–water partition coefficient (Wildman–Crippen LogP) is 17.1. The van der Waals surface area contributed by atoms with Crippen LogP contribution < -0.4 is 39.9 Å². The van der Waals surface area contributed by atoms with Gasteiger partial charge in [0.05, 0.1) is 92.6 Å². The zero-order valence-corrected chi connectivity index (χ0v) is 78.1. The molecule has 0 fully saturated rings. The van der Waals surface area contributed by atoms with E-state index >= 15 is 0 Å². The molecule has 1 radical (unpaired) electrons. The summed E-state index contributed by atoms with van der Waals surface area (Å²) in [6.07, 6.45) is 6.26. The quantitative estimate of drug-likeness (QED) is 0.127. The van der Waals surface area contributed by atoms with E-state index in [0.29, 0.717) is 181 Å². The monoisotopic (exact) mass is 2270 g/mol. The third-order valence-corrected chi connectivity index (χ3v) is 22.0. The van der Waals surface area contributed by atoms with Gasteiger partial charge in [0.25, 0.3) is 0 Å². The van der Waals surface area contributed by atoms with Crippen molar-refractivity contribution in [1.29, 1.82) is 0 Å². The molecule has 140 heavy (non-hydrogen) atoms. The summed E-state index contributed by atoms with van der Waals surface area (Å²) in [5, 5.41) is 14.1. The van der Waals surface area contributed by atoms with Crippen molar-refractivity contribution in [1.82, 2.24) is 169 Å². The largest absolute Gasteiger partial charge is 2.00 e. The Morgan fingerprint density at radius 2 is 0.207 bits per heavy atom. The number of hydrogen-bond donors (Lipinski definition) is 0. The maximum Gasteiger partial charge on any atom is 2.00 e. The summed E-state index contributed by atoms with van der Waals surface area (Å²) in [7, 11) is 0. The molecule has 20 aromatic heterocycles. The topological polar surface area (TPSA) is 448 Å². The van der Waals surface area contributed by atoms with Crippen LogP contribution >= 0.6 is 0 Å². The molecule has 0 saturated heterocycles. The first-order chi connectivity index (χ1) is 67.2. The number of hydrogen-bond acceptors (Lipinski definition) is 26. The minimum atomic E-state index is 0. The molecule has 0 aliphatic heterocycles. The first-order valence-corrected chi connectivity index (χ1v) is 42.6. The Morgan fingerprint density at radius 3 is 0.314 bits per heavy atom. The number of benzene rings is 8. The Bertz CT molecular complexity index is 8040. The third-order valence-electron chi connectivity index (χ3n) is 22.0. The molecule has 0 atom stereocenters. The van der Waals surface area contributed by atoms with E-state index < -0.39 is 0 Å². The first kappa shape index (κ1) is 88.9. The average molecular weight is 2270 g/mol. The Hall–Kier alpha value is -17.7. The van der Waals surface area contributed by atoms with Gasteiger partial charge in [-0.2, -0.15) is 0 Å². The number of aromatic nitrogens is 34. The number of fused-ring (bicyclic) bond motifs is 56. The number of pyridine rings is 6. The van der Waals surface area contributed by atoms with Gasteiger partial charge >= 0.3 is 75.7 Å². The molecular weight excluding hydrogens is 2210 g/mol. The minimum absolute atomic E-state index is 0. The summed E-state index contributed by atoms with van der Waals surface area (Å²) in [4.78, 5) is 158. The van der Waals surface area contributed by atoms with E-state index in [2.05, 4.69) is 79.7 Å². The molecule has 32 bridgehead atoms. The normalized spacial score (nSPS) is 11.2. The van der Waals surface area contributed by atoms with E-state index in [1.807, 2.05) is 303 Å². The molecule has 0 spiro atoms. The summed E-state index contributed by atoms with van der Waals surface area (Å²) < 4.78 is 0. The Balaban J connectivity index is 0.000000110. The van der Waals surface area contributed by atoms with Gasteiger partial charge in [0, 0.05) is 90.4 Å². The summed E-state index contributed by atoms with van der Waals surface area (Å²) in [5.74, 6) is 0. The van der Waals surface area contributed by atoms with Crippen LogP contribution in [-0.4, -0.2) is 130 Å². The molecule has 0 aliphatic rings. The Labute approximate surface area is 833 Å². The fraction of sp³-hybridized carbons (Fsp3) is 0. The number of nitrogens with zero attached hydrogens (tertiary/aromatic N) is 34. The van der Waals surface area contributed by atoms with Crippen LogP contribution in [0.1, 0.15) is 0 Å². The summed E-state index contributed by atoms with van der Waals surface area (Å²) in [5.41, 5.74) is 16.1. The predicted molar refractivity (Wildman–Crippen MR) is 521 cm³/mol. The second-order valence-corrected chi connectivity index (χ2v) is 30.8. The Morgan fingerprint density at radius 1 is 0.114 bits per heavy atom. The first-order valence-electron chi connectivity index (χ1n) is 42.6. The average Bonchev–Trinajstić information content (AvgIpc) is 1.69. The van der Waals surface area contributed by atoms with Gasteiger partial charge in [-0.3, -0.25) is 9.97 Å². The fourth-order valence-corrected chi connectivity index (χ4v) is 16.0. The minimum Gasteiger partial charge on any atom is -0.357 e. The molecule has 28 rings (SSSR count). The van der Waals surface area contributed by atoms with Crippen LogP contribution in [-0.2, 0) is 75.7 Å². The number of rotatable bonds is 0. The van der Waals surface area contributed by atoms with E-state index in [9.17, 15) is 0 Å². The van der Waals surface area contributed by atoms with E-state index in [1.54, 1.807) is 24.8 Å². The van der Waals surface area contributed by atoms with Gasteiger partial charge in [-0.25, -0.2) is 39.9 Å². The fourth-order valence-electron chi connectivity index (χ4n) is 16.0. The van der Waals surface area contributed by atoms with Crippen LogP contribution in [0.15, 0.2) is 328 Å². The van der Waals surface area contributed by atoms with Crippen LogP contribution in [0.2, 0.25) is 0 Å². The molecule has 0 saturated carbocycles. The molecule has 0 aliphatic carbocycles. The summed E-state index contributed by atoms with van der Waals surface area (Å²) in [6.45, 7) is 0. The van der Waals surface area contributed by atoms with Crippen molar-refractivity contribution >= 4 is 267 Å². The van der Waals surface area contributed by atoms with E-state index in [4.69, 9.17) is 89.7 Å². The van der Waals surface area contributed by atoms with Gasteiger partial charge in [0.1, 0.15) is 22.6 Å². The van der Waals surface area contributed by atoms with Crippen molar-refractivity contribution in [3.63, 3.8) is 0 Å². The van der Waals surface area contributed by atoms with Crippen LogP contribution in [0.25, 0.3) is 267 Å². The molecule has 673 valence electrons. The molecule has 0 N–H and O–H groups in total. The molecule has 0 amide bonds. The summed E-state index contributed by atoms with van der Waals surface area (Å²) in [6, 6.07) is 95.7. The van der Waals surface area contributed by atoms with Crippen molar-refractivity contribution in [3.05, 3.63) is 328 Å². The zero-order chi connectivity index (χ0) is 89.9. The van der Waals surface area contributed by atoms with Gasteiger partial charge in [-0.05, 0) is 159 Å². The SMILES string of the molecule is [Cu+2].[Ni+2].[Pt+2].[Pt+2].c1cc2nc(c1)nc1[n-]c(nc3cccc(n3)nc3[n-]c(n2)c2ccccc32)c2ccccc12.c1cc2nc(c1)nc1[n-]c(nc3cccc(n3)nc3[n-]c(n2)c2ccccc32)c2ccccc12.c1cc2nc(c1)nc1[n-]c(nc3cccc(n3)nc3[n-]c(n2)c2ccccc32)c2ccccc12.c1ccc2c3nc4cncc(n4)nc4[n-]c(nc5cncc(n5)nc([n-]3)c2c1)c1ccccc41. The van der Waals surface area contributed by atoms with E-state index in [-0.39, 0.29) is 75.7 Å². The third kappa shape index (κ3) is 17.8. The van der Waals surface area contributed by atoms with Crippen LogP contribution in [0, 0.1) is 0 Å². The smallest absolute Gasteiger partial charge is 0.357 e. The van der Waals surface area contributed by atoms with Crippen molar-refractivity contribution in [3.8, 4) is 0 Å². The maximum absolute atomic E-state index is 4.71. The van der Waals surface area contributed by atoms with Crippen molar-refractivity contribution < 1.29 is 75.7 Å². The van der Waals surface area contributed by atoms with Gasteiger partial charge in [-0.15, -0.1) is 0 Å². The second kappa shape index (κ2) is 38.2. The van der Waals surface area contributed by atoms with Gasteiger partial charge in [0.2, 0.25) is 0 Å². The van der Waals surface area contributed by atoms with Crippen molar-refractivity contribution in [2.24, 2.45) is 0 Å².